The zero-order valence-corrected chi connectivity index (χ0v) is 13.5. The van der Waals surface area contributed by atoms with E-state index in [1.165, 1.54) is 6.20 Å². The molecule has 0 saturated heterocycles. The third kappa shape index (κ3) is 3.91. The van der Waals surface area contributed by atoms with Crippen LogP contribution in [0.3, 0.4) is 0 Å². The van der Waals surface area contributed by atoms with E-state index in [2.05, 4.69) is 20.3 Å². The molecular formula is C14H18N4O3S. The summed E-state index contributed by atoms with van der Waals surface area (Å²) in [4.78, 5) is 12.3. The zero-order valence-electron chi connectivity index (χ0n) is 12.7. The molecule has 0 aliphatic carbocycles. The van der Waals surface area contributed by atoms with Crippen molar-refractivity contribution >= 4 is 15.7 Å². The van der Waals surface area contributed by atoms with Crippen LogP contribution >= 0.6 is 0 Å². The molecule has 7 nitrogen and oxygen atoms in total. The number of nitrogens with one attached hydrogen (secondary N) is 1. The van der Waals surface area contributed by atoms with Crippen LogP contribution in [0, 0.1) is 6.92 Å². The number of ether oxygens (including phenoxy) is 1. The van der Waals surface area contributed by atoms with Gasteiger partial charge in [-0.15, -0.1) is 0 Å². The van der Waals surface area contributed by atoms with Crippen molar-refractivity contribution in [1.82, 2.24) is 15.0 Å². The molecule has 1 N–H and O–H groups in total. The summed E-state index contributed by atoms with van der Waals surface area (Å²) >= 11 is 0. The van der Waals surface area contributed by atoms with Crippen molar-refractivity contribution < 1.29 is 13.2 Å². The van der Waals surface area contributed by atoms with E-state index in [4.69, 9.17) is 4.74 Å². The van der Waals surface area contributed by atoms with Crippen LogP contribution in [0.4, 0.5) is 5.82 Å². The van der Waals surface area contributed by atoms with Crippen molar-refractivity contribution in [3.05, 3.63) is 35.9 Å². The van der Waals surface area contributed by atoms with Gasteiger partial charge >= 0.3 is 0 Å². The minimum absolute atomic E-state index is 0.0694. The Hall–Kier alpha value is -2.22. The molecule has 0 unspecified atom stereocenters. The van der Waals surface area contributed by atoms with Gasteiger partial charge in [0.25, 0.3) is 0 Å². The first-order valence-electron chi connectivity index (χ1n) is 6.76. The Labute approximate surface area is 129 Å². The van der Waals surface area contributed by atoms with Crippen molar-refractivity contribution in [1.29, 1.82) is 0 Å². The van der Waals surface area contributed by atoms with Gasteiger partial charge in [-0.3, -0.25) is 0 Å². The molecule has 2 heterocycles. The molecule has 0 aromatic carbocycles. The van der Waals surface area contributed by atoms with Crippen LogP contribution in [0.2, 0.25) is 0 Å². The zero-order chi connectivity index (χ0) is 16.2. The van der Waals surface area contributed by atoms with Gasteiger partial charge in [0.15, 0.2) is 9.84 Å². The summed E-state index contributed by atoms with van der Waals surface area (Å²) in [6.45, 7) is 4.43. The summed E-state index contributed by atoms with van der Waals surface area (Å²) in [6, 6.07) is 3.65. The van der Waals surface area contributed by atoms with E-state index < -0.39 is 9.84 Å². The lowest BCUT2D eigenvalue weighted by Crippen LogP contribution is -2.11. The molecule has 8 heteroatoms. The van der Waals surface area contributed by atoms with Crippen LogP contribution in [-0.2, 0) is 16.4 Å². The monoisotopic (exact) mass is 322 g/mol. The Morgan fingerprint density at radius 2 is 2.09 bits per heavy atom. The van der Waals surface area contributed by atoms with Crippen LogP contribution in [0.15, 0.2) is 29.4 Å². The molecular weight excluding hydrogens is 304 g/mol. The van der Waals surface area contributed by atoms with Gasteiger partial charge in [-0.25, -0.2) is 23.4 Å². The predicted molar refractivity (Wildman–Crippen MR) is 82.6 cm³/mol. The van der Waals surface area contributed by atoms with E-state index in [9.17, 15) is 8.42 Å². The molecule has 2 rings (SSSR count). The minimum atomic E-state index is -3.41. The summed E-state index contributed by atoms with van der Waals surface area (Å²) in [6.07, 6.45) is 4.08. The molecule has 0 aliphatic rings. The van der Waals surface area contributed by atoms with Crippen LogP contribution in [-0.4, -0.2) is 36.2 Å². The maximum absolute atomic E-state index is 11.8. The van der Waals surface area contributed by atoms with Gasteiger partial charge in [0, 0.05) is 24.6 Å². The summed E-state index contributed by atoms with van der Waals surface area (Å²) in [5, 5.41) is 3.03. The highest BCUT2D eigenvalue weighted by Crippen LogP contribution is 2.20. The van der Waals surface area contributed by atoms with Gasteiger partial charge in [0.05, 0.1) is 12.8 Å². The van der Waals surface area contributed by atoms with Crippen molar-refractivity contribution in [2.45, 2.75) is 25.3 Å². The molecule has 0 fully saturated rings. The highest BCUT2D eigenvalue weighted by Gasteiger charge is 2.16. The Kier molecular flexibility index (Phi) is 4.92. The summed E-state index contributed by atoms with van der Waals surface area (Å²) in [5.74, 6) is 1.29. The number of rotatable bonds is 6. The Morgan fingerprint density at radius 3 is 2.77 bits per heavy atom. The van der Waals surface area contributed by atoms with E-state index in [1.54, 1.807) is 19.2 Å². The average molecular weight is 322 g/mol. The fourth-order valence-corrected chi connectivity index (χ4v) is 2.57. The van der Waals surface area contributed by atoms with Gasteiger partial charge in [0.1, 0.15) is 16.5 Å². The number of pyridine rings is 1. The van der Waals surface area contributed by atoms with E-state index >= 15 is 0 Å². The summed E-state index contributed by atoms with van der Waals surface area (Å²) in [7, 11) is -3.41. The second-order valence-electron chi connectivity index (χ2n) is 4.66. The largest absolute Gasteiger partial charge is 0.478 e. The van der Waals surface area contributed by atoms with Crippen LogP contribution < -0.4 is 10.1 Å². The lowest BCUT2D eigenvalue weighted by atomic mass is 10.2. The van der Waals surface area contributed by atoms with Crippen molar-refractivity contribution in [3.8, 4) is 5.88 Å². The number of hydrogen-bond donors (Lipinski definition) is 1. The van der Waals surface area contributed by atoms with Crippen molar-refractivity contribution in [2.24, 2.45) is 0 Å². The second-order valence-corrected chi connectivity index (χ2v) is 6.64. The topological polar surface area (TPSA) is 94.1 Å². The number of hydrogen-bond acceptors (Lipinski definition) is 7. The van der Waals surface area contributed by atoms with Gasteiger partial charge < -0.3 is 10.1 Å². The van der Waals surface area contributed by atoms with Gasteiger partial charge in [-0.05, 0) is 19.9 Å². The molecule has 0 bridgehead atoms. The molecule has 0 spiro atoms. The SMILES string of the molecule is CCOc1ncccc1CNc1nc(C)ncc1S(C)(=O)=O. The van der Waals surface area contributed by atoms with E-state index in [0.717, 1.165) is 11.8 Å². The van der Waals surface area contributed by atoms with Crippen LogP contribution in [0.1, 0.15) is 18.3 Å². The first-order valence-corrected chi connectivity index (χ1v) is 8.65. The van der Waals surface area contributed by atoms with E-state index in [0.29, 0.717) is 24.9 Å². The highest BCUT2D eigenvalue weighted by atomic mass is 32.2. The first kappa shape index (κ1) is 16.2. The van der Waals surface area contributed by atoms with Crippen LogP contribution in [0.5, 0.6) is 5.88 Å². The fraction of sp³-hybridized carbons (Fsp3) is 0.357. The molecule has 118 valence electrons. The van der Waals surface area contributed by atoms with Gasteiger partial charge in [0.2, 0.25) is 5.88 Å². The standard InChI is InChI=1S/C14H18N4O3S/c1-4-21-14-11(6-5-7-15-14)8-17-13-12(22(3,19)20)9-16-10(2)18-13/h5-7,9H,4,8H2,1-3H3,(H,16,17,18). The third-order valence-corrected chi connectivity index (χ3v) is 3.95. The first-order chi connectivity index (χ1) is 10.4. The highest BCUT2D eigenvalue weighted by molar-refractivity contribution is 7.90. The van der Waals surface area contributed by atoms with E-state index in [1.807, 2.05) is 13.0 Å². The lowest BCUT2D eigenvalue weighted by molar-refractivity contribution is 0.323. The molecule has 22 heavy (non-hydrogen) atoms. The average Bonchev–Trinajstić information content (AvgIpc) is 2.45. The van der Waals surface area contributed by atoms with Crippen molar-refractivity contribution in [3.63, 3.8) is 0 Å². The minimum Gasteiger partial charge on any atom is -0.478 e. The van der Waals surface area contributed by atoms with Gasteiger partial charge in [-0.1, -0.05) is 6.07 Å². The Morgan fingerprint density at radius 1 is 1.32 bits per heavy atom. The lowest BCUT2D eigenvalue weighted by Gasteiger charge is -2.12. The smallest absolute Gasteiger partial charge is 0.218 e. The second kappa shape index (κ2) is 6.69. The molecule has 0 saturated carbocycles. The number of aromatic nitrogens is 3. The molecule has 2 aromatic heterocycles. The number of anilines is 1. The number of sulfone groups is 1. The van der Waals surface area contributed by atoms with Crippen molar-refractivity contribution in [2.75, 3.05) is 18.2 Å². The molecule has 0 aliphatic heterocycles. The van der Waals surface area contributed by atoms with E-state index in [-0.39, 0.29) is 10.7 Å². The molecule has 2 aromatic rings. The Balaban J connectivity index is 2.27. The number of aryl methyl sites for hydroxylation is 1. The molecule has 0 amide bonds. The predicted octanol–water partition coefficient (Wildman–Crippen LogP) is 1.59. The number of nitrogens with zero attached hydrogens (tertiary/aromatic N) is 3. The Bertz CT molecular complexity index is 762. The summed E-state index contributed by atoms with van der Waals surface area (Å²) in [5.41, 5.74) is 0.820. The maximum atomic E-state index is 11.8. The van der Waals surface area contributed by atoms with Crippen LogP contribution in [0.25, 0.3) is 0 Å². The molecule has 0 radical (unpaired) electrons. The summed E-state index contributed by atoms with van der Waals surface area (Å²) < 4.78 is 29.0. The third-order valence-electron chi connectivity index (χ3n) is 2.85. The van der Waals surface area contributed by atoms with Gasteiger partial charge in [-0.2, -0.15) is 0 Å². The fourth-order valence-electron chi connectivity index (χ4n) is 1.86. The molecule has 0 atom stereocenters. The quantitative estimate of drug-likeness (QED) is 0.863. The normalized spacial score (nSPS) is 11.2. The maximum Gasteiger partial charge on any atom is 0.218 e.